The van der Waals surface area contributed by atoms with Gasteiger partial charge in [-0.25, -0.2) is 8.42 Å². The molecule has 1 aromatic carbocycles. The molecule has 3 nitrogen and oxygen atoms in total. The molecule has 0 amide bonds. The van der Waals surface area contributed by atoms with Crippen LogP contribution in [-0.4, -0.2) is 25.8 Å². The van der Waals surface area contributed by atoms with Gasteiger partial charge in [0.1, 0.15) is 0 Å². The Morgan fingerprint density at radius 2 is 1.44 bits per heavy atom. The lowest BCUT2D eigenvalue weighted by molar-refractivity contribution is 0.410. The molecular weight excluding hydrogens is 246 g/mol. The molecule has 0 unspecified atom stereocenters. The van der Waals surface area contributed by atoms with Crippen molar-refractivity contribution in [3.63, 3.8) is 0 Å². The molecule has 0 aromatic heterocycles. The minimum absolute atomic E-state index is 0.404. The van der Waals surface area contributed by atoms with E-state index in [0.717, 1.165) is 24.8 Å². The van der Waals surface area contributed by atoms with Crippen molar-refractivity contribution in [3.05, 3.63) is 29.8 Å². The zero-order valence-corrected chi connectivity index (χ0v) is 12.3. The fourth-order valence-corrected chi connectivity index (χ4v) is 3.52. The second-order valence-electron chi connectivity index (χ2n) is 4.40. The first-order valence-corrected chi connectivity index (χ1v) is 8.09. The van der Waals surface area contributed by atoms with Crippen LogP contribution in [0.25, 0.3) is 0 Å². The van der Waals surface area contributed by atoms with Crippen LogP contribution < -0.4 is 0 Å². The van der Waals surface area contributed by atoms with Crippen molar-refractivity contribution in [2.75, 3.05) is 13.1 Å². The minimum Gasteiger partial charge on any atom is -0.207 e. The van der Waals surface area contributed by atoms with E-state index < -0.39 is 10.0 Å². The highest BCUT2D eigenvalue weighted by molar-refractivity contribution is 7.89. The molecule has 0 spiro atoms. The first-order chi connectivity index (χ1) is 8.56. The molecule has 0 aliphatic rings. The predicted molar refractivity (Wildman–Crippen MR) is 75.2 cm³/mol. The summed E-state index contributed by atoms with van der Waals surface area (Å²) in [6, 6.07) is 7.21. The Balaban J connectivity index is 3.01. The van der Waals surface area contributed by atoms with E-state index >= 15 is 0 Å². The second-order valence-corrected chi connectivity index (χ2v) is 6.34. The number of aryl methyl sites for hydroxylation is 1. The molecule has 0 aliphatic carbocycles. The molecular formula is C14H23NO2S. The normalized spacial score (nSPS) is 12.0. The molecule has 0 N–H and O–H groups in total. The molecule has 0 aliphatic heterocycles. The van der Waals surface area contributed by atoms with Gasteiger partial charge < -0.3 is 0 Å². The lowest BCUT2D eigenvalue weighted by atomic mass is 10.2. The van der Waals surface area contributed by atoms with Gasteiger partial charge in [0.15, 0.2) is 0 Å². The van der Waals surface area contributed by atoms with Crippen molar-refractivity contribution >= 4 is 10.0 Å². The van der Waals surface area contributed by atoms with Gasteiger partial charge in [0.2, 0.25) is 10.0 Å². The predicted octanol–water partition coefficient (Wildman–Crippen LogP) is 3.06. The van der Waals surface area contributed by atoms with Crippen LogP contribution in [0.4, 0.5) is 0 Å². The lowest BCUT2D eigenvalue weighted by Gasteiger charge is -2.21. The van der Waals surface area contributed by atoms with Crippen molar-refractivity contribution in [1.29, 1.82) is 0 Å². The summed E-state index contributed by atoms with van der Waals surface area (Å²) in [6.07, 6.45) is 2.60. The maximum Gasteiger partial charge on any atom is 0.243 e. The zero-order chi connectivity index (χ0) is 13.6. The van der Waals surface area contributed by atoms with E-state index in [1.807, 2.05) is 26.0 Å². The van der Waals surface area contributed by atoms with E-state index in [1.165, 1.54) is 0 Å². The number of nitrogens with zero attached hydrogens (tertiary/aromatic N) is 1. The van der Waals surface area contributed by atoms with E-state index in [0.29, 0.717) is 18.0 Å². The van der Waals surface area contributed by atoms with Crippen LogP contribution in [0.1, 0.15) is 39.2 Å². The molecule has 4 heteroatoms. The quantitative estimate of drug-likeness (QED) is 0.763. The highest BCUT2D eigenvalue weighted by Gasteiger charge is 2.22. The number of hydrogen-bond donors (Lipinski definition) is 0. The molecule has 102 valence electrons. The van der Waals surface area contributed by atoms with E-state index in [2.05, 4.69) is 6.92 Å². The van der Waals surface area contributed by atoms with Gasteiger partial charge in [-0.2, -0.15) is 4.31 Å². The Hall–Kier alpha value is -0.870. The summed E-state index contributed by atoms with van der Waals surface area (Å²) in [4.78, 5) is 0.404. The first-order valence-electron chi connectivity index (χ1n) is 6.65. The summed E-state index contributed by atoms with van der Waals surface area (Å²) in [5.74, 6) is 0. The maximum absolute atomic E-state index is 12.4. The molecule has 0 saturated heterocycles. The van der Waals surface area contributed by atoms with Crippen molar-refractivity contribution < 1.29 is 8.42 Å². The van der Waals surface area contributed by atoms with Gasteiger partial charge in [-0.1, -0.05) is 32.9 Å². The molecule has 0 fully saturated rings. The molecule has 0 heterocycles. The van der Waals surface area contributed by atoms with E-state index in [1.54, 1.807) is 16.4 Å². The fourth-order valence-electron chi connectivity index (χ4n) is 1.90. The molecule has 1 rings (SSSR count). The third kappa shape index (κ3) is 3.56. The number of hydrogen-bond acceptors (Lipinski definition) is 2. The monoisotopic (exact) mass is 269 g/mol. The van der Waals surface area contributed by atoms with Gasteiger partial charge in [0.05, 0.1) is 4.90 Å². The summed E-state index contributed by atoms with van der Waals surface area (Å²) in [7, 11) is -3.32. The van der Waals surface area contributed by atoms with Crippen LogP contribution in [0.2, 0.25) is 0 Å². The summed E-state index contributed by atoms with van der Waals surface area (Å²) >= 11 is 0. The van der Waals surface area contributed by atoms with Gasteiger partial charge in [-0.05, 0) is 37.0 Å². The van der Waals surface area contributed by atoms with Crippen molar-refractivity contribution in [1.82, 2.24) is 4.31 Å². The van der Waals surface area contributed by atoms with Crippen molar-refractivity contribution in [3.8, 4) is 0 Å². The first kappa shape index (κ1) is 15.2. The van der Waals surface area contributed by atoms with Gasteiger partial charge in [0.25, 0.3) is 0 Å². The second kappa shape index (κ2) is 6.90. The molecule has 0 atom stereocenters. The van der Waals surface area contributed by atoms with Crippen LogP contribution >= 0.6 is 0 Å². The molecule has 1 aromatic rings. The third-order valence-electron chi connectivity index (χ3n) is 2.92. The zero-order valence-electron chi connectivity index (χ0n) is 11.5. The van der Waals surface area contributed by atoms with E-state index in [-0.39, 0.29) is 0 Å². The Labute approximate surface area is 111 Å². The molecule has 0 bridgehead atoms. The lowest BCUT2D eigenvalue weighted by Crippen LogP contribution is -2.32. The molecule has 0 radical (unpaired) electrons. The Morgan fingerprint density at radius 3 is 1.83 bits per heavy atom. The number of rotatable bonds is 7. The molecule has 0 saturated carbocycles. The average Bonchev–Trinajstić information content (AvgIpc) is 2.38. The van der Waals surface area contributed by atoms with Crippen LogP contribution in [0, 0.1) is 0 Å². The summed E-state index contributed by atoms with van der Waals surface area (Å²) in [5, 5.41) is 0. The summed E-state index contributed by atoms with van der Waals surface area (Å²) < 4.78 is 26.5. The van der Waals surface area contributed by atoms with Crippen LogP contribution in [0.5, 0.6) is 0 Å². The van der Waals surface area contributed by atoms with Gasteiger partial charge >= 0.3 is 0 Å². The van der Waals surface area contributed by atoms with Crippen LogP contribution in [0.3, 0.4) is 0 Å². The standard InChI is InChI=1S/C14H23NO2S/c1-4-11-15(12-5-2)18(16,17)14-9-7-13(6-3)8-10-14/h7-10H,4-6,11-12H2,1-3H3. The number of benzene rings is 1. The Kier molecular flexibility index (Phi) is 5.82. The van der Waals surface area contributed by atoms with E-state index in [4.69, 9.17) is 0 Å². The van der Waals surface area contributed by atoms with Crippen LogP contribution in [-0.2, 0) is 16.4 Å². The average molecular weight is 269 g/mol. The van der Waals surface area contributed by atoms with Gasteiger partial charge in [-0.15, -0.1) is 0 Å². The molecule has 18 heavy (non-hydrogen) atoms. The van der Waals surface area contributed by atoms with Gasteiger partial charge in [0, 0.05) is 13.1 Å². The summed E-state index contributed by atoms with van der Waals surface area (Å²) in [5.41, 5.74) is 1.16. The third-order valence-corrected chi connectivity index (χ3v) is 4.83. The highest BCUT2D eigenvalue weighted by Crippen LogP contribution is 2.17. The Morgan fingerprint density at radius 1 is 0.944 bits per heavy atom. The topological polar surface area (TPSA) is 37.4 Å². The van der Waals surface area contributed by atoms with Gasteiger partial charge in [-0.3, -0.25) is 0 Å². The SMILES string of the molecule is CCCN(CCC)S(=O)(=O)c1ccc(CC)cc1. The van der Waals surface area contributed by atoms with Crippen molar-refractivity contribution in [2.45, 2.75) is 44.9 Å². The van der Waals surface area contributed by atoms with Crippen molar-refractivity contribution in [2.24, 2.45) is 0 Å². The summed E-state index contributed by atoms with van der Waals surface area (Å²) in [6.45, 7) is 7.23. The number of sulfonamides is 1. The Bertz CT molecular complexity index is 445. The fraction of sp³-hybridized carbons (Fsp3) is 0.571. The van der Waals surface area contributed by atoms with Crippen LogP contribution in [0.15, 0.2) is 29.2 Å². The largest absolute Gasteiger partial charge is 0.243 e. The highest BCUT2D eigenvalue weighted by atomic mass is 32.2. The van der Waals surface area contributed by atoms with E-state index in [9.17, 15) is 8.42 Å². The minimum atomic E-state index is -3.32. The smallest absolute Gasteiger partial charge is 0.207 e. The maximum atomic E-state index is 12.4.